The second-order valence-electron chi connectivity index (χ2n) is 6.46. The van der Waals surface area contributed by atoms with Crippen LogP contribution in [-0.2, 0) is 0 Å². The normalized spacial score (nSPS) is 22.0. The molecule has 4 nitrogen and oxygen atoms in total. The molecular formula is C17H26N2O2. The lowest BCUT2D eigenvalue weighted by Crippen LogP contribution is -2.18. The molecule has 1 fully saturated rings. The zero-order valence-electron chi connectivity index (χ0n) is 13.3. The van der Waals surface area contributed by atoms with E-state index >= 15 is 0 Å². The minimum Gasteiger partial charge on any atom is -0.478 e. The molecule has 0 radical (unpaired) electrons. The largest absolute Gasteiger partial charge is 0.478 e. The van der Waals surface area contributed by atoms with Crippen molar-refractivity contribution >= 4 is 11.8 Å². The van der Waals surface area contributed by atoms with Crippen molar-refractivity contribution in [2.45, 2.75) is 52.9 Å². The van der Waals surface area contributed by atoms with Gasteiger partial charge in [-0.3, -0.25) is 0 Å². The second-order valence-corrected chi connectivity index (χ2v) is 6.46. The van der Waals surface area contributed by atoms with E-state index < -0.39 is 5.97 Å². The van der Waals surface area contributed by atoms with Crippen molar-refractivity contribution in [1.82, 2.24) is 4.98 Å². The van der Waals surface area contributed by atoms with Crippen LogP contribution in [0.15, 0.2) is 6.07 Å². The molecule has 1 aliphatic rings. The van der Waals surface area contributed by atoms with Gasteiger partial charge in [-0.1, -0.05) is 26.2 Å². The van der Waals surface area contributed by atoms with Gasteiger partial charge in [-0.05, 0) is 50.2 Å². The van der Waals surface area contributed by atoms with Crippen LogP contribution >= 0.6 is 0 Å². The summed E-state index contributed by atoms with van der Waals surface area (Å²) in [7, 11) is 0. The Hall–Kier alpha value is -1.58. The summed E-state index contributed by atoms with van der Waals surface area (Å²) in [5.41, 5.74) is 1.92. The van der Waals surface area contributed by atoms with Gasteiger partial charge < -0.3 is 10.4 Å². The third kappa shape index (κ3) is 4.19. The molecule has 1 heterocycles. The van der Waals surface area contributed by atoms with Crippen molar-refractivity contribution in [3.8, 4) is 0 Å². The first-order valence-electron chi connectivity index (χ1n) is 7.92. The molecule has 0 amide bonds. The highest BCUT2D eigenvalue weighted by Gasteiger charge is 2.19. The zero-order chi connectivity index (χ0) is 15.4. The van der Waals surface area contributed by atoms with Crippen molar-refractivity contribution < 1.29 is 9.90 Å². The SMILES string of the molecule is Cc1cc(C)c(C(=O)O)c(NCCC2CCCC(C)C2)n1. The predicted molar refractivity (Wildman–Crippen MR) is 84.9 cm³/mol. The summed E-state index contributed by atoms with van der Waals surface area (Å²) in [5.74, 6) is 1.20. The van der Waals surface area contributed by atoms with E-state index in [9.17, 15) is 9.90 Å². The van der Waals surface area contributed by atoms with Crippen LogP contribution in [-0.4, -0.2) is 22.6 Å². The molecule has 2 rings (SSSR count). The Labute approximate surface area is 127 Å². The monoisotopic (exact) mass is 290 g/mol. The summed E-state index contributed by atoms with van der Waals surface area (Å²) in [5, 5.41) is 12.6. The Kier molecular flexibility index (Phi) is 5.21. The van der Waals surface area contributed by atoms with Crippen molar-refractivity contribution in [2.24, 2.45) is 11.8 Å². The number of rotatable bonds is 5. The molecule has 2 atom stereocenters. The molecular weight excluding hydrogens is 264 g/mol. The number of aromatic carboxylic acids is 1. The van der Waals surface area contributed by atoms with E-state index in [1.54, 1.807) is 0 Å². The Morgan fingerprint density at radius 2 is 2.19 bits per heavy atom. The maximum Gasteiger partial charge on any atom is 0.339 e. The lowest BCUT2D eigenvalue weighted by atomic mass is 9.81. The summed E-state index contributed by atoms with van der Waals surface area (Å²) >= 11 is 0. The van der Waals surface area contributed by atoms with E-state index in [1.807, 2.05) is 19.9 Å². The van der Waals surface area contributed by atoms with Gasteiger partial charge in [0.15, 0.2) is 0 Å². The van der Waals surface area contributed by atoms with Crippen LogP contribution in [0, 0.1) is 25.7 Å². The van der Waals surface area contributed by atoms with Crippen LogP contribution in [0.5, 0.6) is 0 Å². The molecule has 1 saturated carbocycles. The number of carboxylic acid groups (broad SMARTS) is 1. The Balaban J connectivity index is 1.98. The number of anilines is 1. The van der Waals surface area contributed by atoms with Gasteiger partial charge in [0.05, 0.1) is 0 Å². The maximum absolute atomic E-state index is 11.4. The van der Waals surface area contributed by atoms with Crippen molar-refractivity contribution in [2.75, 3.05) is 11.9 Å². The van der Waals surface area contributed by atoms with Crippen LogP contribution in [0.25, 0.3) is 0 Å². The standard InChI is InChI=1S/C17H26N2O2/c1-11-5-4-6-14(9-11)7-8-18-16-15(17(20)21)12(2)10-13(3)19-16/h10-11,14H,4-9H2,1-3H3,(H,18,19)(H,20,21). The van der Waals surface area contributed by atoms with E-state index in [4.69, 9.17) is 0 Å². The molecule has 21 heavy (non-hydrogen) atoms. The maximum atomic E-state index is 11.4. The quantitative estimate of drug-likeness (QED) is 0.859. The molecule has 0 spiro atoms. The summed E-state index contributed by atoms with van der Waals surface area (Å²) in [6.07, 6.45) is 6.38. The molecule has 2 unspecified atom stereocenters. The van der Waals surface area contributed by atoms with Crippen molar-refractivity contribution in [3.05, 3.63) is 22.9 Å². The van der Waals surface area contributed by atoms with Crippen LogP contribution < -0.4 is 5.32 Å². The van der Waals surface area contributed by atoms with E-state index in [0.29, 0.717) is 11.4 Å². The lowest BCUT2D eigenvalue weighted by Gasteiger charge is -2.26. The van der Waals surface area contributed by atoms with Crippen LogP contribution in [0.1, 0.15) is 60.6 Å². The van der Waals surface area contributed by atoms with E-state index in [-0.39, 0.29) is 0 Å². The molecule has 0 saturated heterocycles. The fourth-order valence-corrected chi connectivity index (χ4v) is 3.45. The first-order chi connectivity index (χ1) is 9.97. The third-order valence-corrected chi connectivity index (χ3v) is 4.45. The van der Waals surface area contributed by atoms with Gasteiger partial charge in [0.1, 0.15) is 11.4 Å². The Morgan fingerprint density at radius 1 is 1.43 bits per heavy atom. The van der Waals surface area contributed by atoms with Crippen molar-refractivity contribution in [3.63, 3.8) is 0 Å². The molecule has 1 aromatic rings. The molecule has 1 aliphatic carbocycles. The van der Waals surface area contributed by atoms with Gasteiger partial charge in [-0.25, -0.2) is 9.78 Å². The first-order valence-corrected chi connectivity index (χ1v) is 7.92. The highest BCUT2D eigenvalue weighted by atomic mass is 16.4. The number of nitrogens with zero attached hydrogens (tertiary/aromatic N) is 1. The first kappa shape index (κ1) is 15.8. The predicted octanol–water partition coefficient (Wildman–Crippen LogP) is 4.02. The zero-order valence-corrected chi connectivity index (χ0v) is 13.3. The number of nitrogens with one attached hydrogen (secondary N) is 1. The third-order valence-electron chi connectivity index (χ3n) is 4.45. The number of hydrogen-bond donors (Lipinski definition) is 2. The smallest absolute Gasteiger partial charge is 0.339 e. The summed E-state index contributed by atoms with van der Waals surface area (Å²) in [6, 6.07) is 1.82. The van der Waals surface area contributed by atoms with Gasteiger partial charge in [0, 0.05) is 12.2 Å². The molecule has 1 aromatic heterocycles. The topological polar surface area (TPSA) is 62.2 Å². The van der Waals surface area contributed by atoms with Gasteiger partial charge in [0.25, 0.3) is 0 Å². The van der Waals surface area contributed by atoms with Crippen LogP contribution in [0.4, 0.5) is 5.82 Å². The number of aromatic nitrogens is 1. The molecule has 0 bridgehead atoms. The Bertz CT molecular complexity index is 514. The number of carbonyl (C=O) groups is 1. The fraction of sp³-hybridized carbons (Fsp3) is 0.647. The van der Waals surface area contributed by atoms with E-state index in [1.165, 1.54) is 25.7 Å². The van der Waals surface area contributed by atoms with Gasteiger partial charge in [0.2, 0.25) is 0 Å². The highest BCUT2D eigenvalue weighted by Crippen LogP contribution is 2.30. The fourth-order valence-electron chi connectivity index (χ4n) is 3.45. The molecule has 0 aliphatic heterocycles. The molecule has 116 valence electrons. The summed E-state index contributed by atoms with van der Waals surface area (Å²) in [6.45, 7) is 6.85. The second kappa shape index (κ2) is 6.92. The minimum atomic E-state index is -0.909. The lowest BCUT2D eigenvalue weighted by molar-refractivity contribution is 0.0697. The van der Waals surface area contributed by atoms with Crippen molar-refractivity contribution in [1.29, 1.82) is 0 Å². The van der Waals surface area contributed by atoms with E-state index in [0.717, 1.165) is 36.1 Å². The van der Waals surface area contributed by atoms with Gasteiger partial charge >= 0.3 is 5.97 Å². The van der Waals surface area contributed by atoms with Gasteiger partial charge in [-0.15, -0.1) is 0 Å². The molecule has 2 N–H and O–H groups in total. The summed E-state index contributed by atoms with van der Waals surface area (Å²) in [4.78, 5) is 15.7. The number of pyridine rings is 1. The van der Waals surface area contributed by atoms with Gasteiger partial charge in [-0.2, -0.15) is 0 Å². The number of carboxylic acids is 1. The highest BCUT2D eigenvalue weighted by molar-refractivity contribution is 5.94. The number of hydrogen-bond acceptors (Lipinski definition) is 3. The number of aryl methyl sites for hydroxylation is 2. The van der Waals surface area contributed by atoms with Crippen LogP contribution in [0.2, 0.25) is 0 Å². The molecule has 4 heteroatoms. The average Bonchev–Trinajstić information content (AvgIpc) is 2.37. The summed E-state index contributed by atoms with van der Waals surface area (Å²) < 4.78 is 0. The molecule has 0 aromatic carbocycles. The minimum absolute atomic E-state index is 0.303. The average molecular weight is 290 g/mol. The van der Waals surface area contributed by atoms with Crippen LogP contribution in [0.3, 0.4) is 0 Å². The van der Waals surface area contributed by atoms with E-state index in [2.05, 4.69) is 17.2 Å². The Morgan fingerprint density at radius 3 is 2.86 bits per heavy atom.